The molecule has 1 saturated heterocycles. The van der Waals surface area contributed by atoms with Crippen LogP contribution in [0.15, 0.2) is 71.2 Å². The number of anilines is 1. The van der Waals surface area contributed by atoms with Crippen molar-refractivity contribution in [2.24, 2.45) is 0 Å². The van der Waals surface area contributed by atoms with Crippen molar-refractivity contribution in [1.82, 2.24) is 14.5 Å². The zero-order valence-corrected chi connectivity index (χ0v) is 21.9. The monoisotopic (exact) mass is 544 g/mol. The molecule has 0 bridgehead atoms. The molecule has 0 unspecified atom stereocenters. The summed E-state index contributed by atoms with van der Waals surface area (Å²) in [6.07, 6.45) is 4.12. The third-order valence-electron chi connectivity index (χ3n) is 6.72. The molecule has 0 radical (unpaired) electrons. The number of aromatic nitrogens is 2. The van der Waals surface area contributed by atoms with E-state index < -0.39 is 21.7 Å². The molecule has 0 aliphatic carbocycles. The van der Waals surface area contributed by atoms with Gasteiger partial charge in [0.1, 0.15) is 6.04 Å². The number of aliphatic hydroxyl groups is 1. The fourth-order valence-electron chi connectivity index (χ4n) is 4.62. The third-order valence-corrected chi connectivity index (χ3v) is 9.13. The van der Waals surface area contributed by atoms with Gasteiger partial charge >= 0.3 is 0 Å². The van der Waals surface area contributed by atoms with Gasteiger partial charge in [0.25, 0.3) is 10.0 Å². The van der Waals surface area contributed by atoms with Gasteiger partial charge in [0.05, 0.1) is 16.0 Å². The number of hydrogen-bond donors (Lipinski definition) is 2. The Morgan fingerprint density at radius 2 is 1.89 bits per heavy atom. The Morgan fingerprint density at radius 1 is 1.17 bits per heavy atom. The standard InChI is InChI=1S/C25H25ClN4O4S2/c1-17(30-12-8-18-2-5-20(26)16-22(18)30)23(31)29-13-9-25(32,10-14-29)19-3-6-21(7-4-19)36(33,34)28-24-27-11-15-35-24/h2-8,11-12,15-17,32H,9-10,13-14H2,1H3,(H,27,28)/t17-/m1/s1. The van der Waals surface area contributed by atoms with E-state index in [2.05, 4.69) is 9.71 Å². The zero-order chi connectivity index (χ0) is 25.5. The van der Waals surface area contributed by atoms with E-state index >= 15 is 0 Å². The molecule has 11 heteroatoms. The van der Waals surface area contributed by atoms with Gasteiger partial charge in [-0.3, -0.25) is 9.52 Å². The van der Waals surface area contributed by atoms with Gasteiger partial charge in [-0.15, -0.1) is 11.3 Å². The number of carbonyl (C=O) groups is 1. The second-order valence-corrected chi connectivity index (χ2v) is 11.9. The predicted molar refractivity (Wildman–Crippen MR) is 141 cm³/mol. The number of thiazole rings is 1. The van der Waals surface area contributed by atoms with Crippen molar-refractivity contribution < 1.29 is 18.3 Å². The molecule has 2 aromatic heterocycles. The fraction of sp³-hybridized carbons (Fsp3) is 0.280. The van der Waals surface area contributed by atoms with E-state index in [1.807, 2.05) is 42.0 Å². The van der Waals surface area contributed by atoms with E-state index in [1.54, 1.807) is 22.4 Å². The van der Waals surface area contributed by atoms with Gasteiger partial charge < -0.3 is 14.6 Å². The lowest BCUT2D eigenvalue weighted by atomic mass is 9.84. The molecular formula is C25H25ClN4O4S2. The van der Waals surface area contributed by atoms with Crippen LogP contribution in [0, 0.1) is 0 Å². The number of carbonyl (C=O) groups excluding carboxylic acids is 1. The van der Waals surface area contributed by atoms with Crippen molar-refractivity contribution in [3.8, 4) is 0 Å². The van der Waals surface area contributed by atoms with Crippen LogP contribution in [0.2, 0.25) is 5.02 Å². The molecule has 1 amide bonds. The van der Waals surface area contributed by atoms with Crippen LogP contribution >= 0.6 is 22.9 Å². The van der Waals surface area contributed by atoms with Crippen LogP contribution in [0.25, 0.3) is 10.9 Å². The fourth-order valence-corrected chi connectivity index (χ4v) is 6.58. The third kappa shape index (κ3) is 4.73. The summed E-state index contributed by atoms with van der Waals surface area (Å²) in [5, 5.41) is 14.9. The molecule has 36 heavy (non-hydrogen) atoms. The Bertz CT molecular complexity index is 1490. The molecule has 188 valence electrons. The average Bonchev–Trinajstić information content (AvgIpc) is 3.53. The van der Waals surface area contributed by atoms with Gasteiger partial charge in [-0.05, 0) is 61.0 Å². The molecule has 5 rings (SSSR count). The Labute approximate surface area is 218 Å². The van der Waals surface area contributed by atoms with Gasteiger partial charge in [0.15, 0.2) is 5.13 Å². The Balaban J connectivity index is 1.26. The van der Waals surface area contributed by atoms with Crippen molar-refractivity contribution in [1.29, 1.82) is 0 Å². The van der Waals surface area contributed by atoms with Crippen molar-refractivity contribution in [3.05, 3.63) is 76.9 Å². The summed E-state index contributed by atoms with van der Waals surface area (Å²) in [4.78, 5) is 19.1. The summed E-state index contributed by atoms with van der Waals surface area (Å²) < 4.78 is 29.5. The number of amides is 1. The number of fused-ring (bicyclic) bond motifs is 1. The number of nitrogens with zero attached hydrogens (tertiary/aromatic N) is 3. The van der Waals surface area contributed by atoms with E-state index in [1.165, 1.54) is 29.7 Å². The number of hydrogen-bond acceptors (Lipinski definition) is 6. The molecule has 0 spiro atoms. The van der Waals surface area contributed by atoms with E-state index in [0.29, 0.717) is 41.6 Å². The Morgan fingerprint density at radius 3 is 2.56 bits per heavy atom. The largest absolute Gasteiger partial charge is 0.385 e. The summed E-state index contributed by atoms with van der Waals surface area (Å²) in [5.41, 5.74) is 0.386. The first kappa shape index (κ1) is 24.8. The van der Waals surface area contributed by atoms with E-state index in [0.717, 1.165) is 10.9 Å². The highest BCUT2D eigenvalue weighted by Gasteiger charge is 2.37. The maximum Gasteiger partial charge on any atom is 0.263 e. The number of halogens is 1. The van der Waals surface area contributed by atoms with Crippen LogP contribution in [-0.4, -0.2) is 47.0 Å². The molecule has 1 fully saturated rings. The molecule has 2 N–H and O–H groups in total. The van der Waals surface area contributed by atoms with Gasteiger partial charge in [0.2, 0.25) is 5.91 Å². The molecule has 1 atom stereocenters. The molecule has 3 heterocycles. The van der Waals surface area contributed by atoms with Crippen LogP contribution in [0.3, 0.4) is 0 Å². The lowest BCUT2D eigenvalue weighted by Gasteiger charge is -2.39. The van der Waals surface area contributed by atoms with Gasteiger partial charge in [-0.25, -0.2) is 13.4 Å². The van der Waals surface area contributed by atoms with Crippen molar-refractivity contribution in [2.75, 3.05) is 17.8 Å². The highest BCUT2D eigenvalue weighted by atomic mass is 35.5. The van der Waals surface area contributed by atoms with Crippen LogP contribution in [-0.2, 0) is 20.4 Å². The molecule has 1 aliphatic heterocycles. The van der Waals surface area contributed by atoms with Crippen LogP contribution in [0.5, 0.6) is 0 Å². The number of rotatable bonds is 6. The topological polar surface area (TPSA) is 105 Å². The summed E-state index contributed by atoms with van der Waals surface area (Å²) >= 11 is 7.35. The molecule has 8 nitrogen and oxygen atoms in total. The minimum atomic E-state index is -3.77. The molecule has 4 aromatic rings. The normalized spacial score (nSPS) is 16.7. The molecule has 2 aromatic carbocycles. The molecule has 0 saturated carbocycles. The van der Waals surface area contributed by atoms with E-state index in [4.69, 9.17) is 11.6 Å². The first-order valence-electron chi connectivity index (χ1n) is 11.5. The van der Waals surface area contributed by atoms with Crippen LogP contribution in [0.1, 0.15) is 31.4 Å². The Kier molecular flexibility index (Phi) is 6.54. The SMILES string of the molecule is C[C@H](C(=O)N1CCC(O)(c2ccc(S(=O)(=O)Nc3nccs3)cc2)CC1)n1ccc2ccc(Cl)cc21. The number of sulfonamides is 1. The van der Waals surface area contributed by atoms with Gasteiger partial charge in [0, 0.05) is 35.9 Å². The summed E-state index contributed by atoms with van der Waals surface area (Å²) in [6.45, 7) is 2.65. The van der Waals surface area contributed by atoms with Crippen molar-refractivity contribution in [3.63, 3.8) is 0 Å². The quantitative estimate of drug-likeness (QED) is 0.368. The first-order chi connectivity index (χ1) is 17.2. The van der Waals surface area contributed by atoms with Gasteiger partial charge in [-0.1, -0.05) is 29.8 Å². The van der Waals surface area contributed by atoms with Crippen molar-refractivity contribution in [2.45, 2.75) is 36.3 Å². The van der Waals surface area contributed by atoms with Crippen LogP contribution in [0.4, 0.5) is 5.13 Å². The summed E-state index contributed by atoms with van der Waals surface area (Å²) in [6, 6.07) is 13.4. The summed E-state index contributed by atoms with van der Waals surface area (Å²) in [5.74, 6) is -0.0239. The second kappa shape index (κ2) is 9.51. The maximum absolute atomic E-state index is 13.3. The van der Waals surface area contributed by atoms with Gasteiger partial charge in [-0.2, -0.15) is 0 Å². The lowest BCUT2D eigenvalue weighted by Crippen LogP contribution is -2.47. The summed E-state index contributed by atoms with van der Waals surface area (Å²) in [7, 11) is -3.77. The Hall–Kier alpha value is -2.92. The minimum Gasteiger partial charge on any atom is -0.385 e. The number of benzene rings is 2. The molecule has 1 aliphatic rings. The highest BCUT2D eigenvalue weighted by Crippen LogP contribution is 2.34. The smallest absolute Gasteiger partial charge is 0.263 e. The zero-order valence-electron chi connectivity index (χ0n) is 19.5. The number of piperidine rings is 1. The number of likely N-dealkylation sites (tertiary alicyclic amines) is 1. The van der Waals surface area contributed by atoms with Crippen LogP contribution < -0.4 is 4.72 Å². The van der Waals surface area contributed by atoms with E-state index in [-0.39, 0.29) is 10.8 Å². The predicted octanol–water partition coefficient (Wildman–Crippen LogP) is 4.62. The minimum absolute atomic E-state index is 0.0239. The first-order valence-corrected chi connectivity index (χ1v) is 14.2. The second-order valence-electron chi connectivity index (χ2n) is 8.93. The average molecular weight is 545 g/mol. The molecular weight excluding hydrogens is 520 g/mol. The lowest BCUT2D eigenvalue weighted by molar-refractivity contribution is -0.138. The highest BCUT2D eigenvalue weighted by molar-refractivity contribution is 7.93. The number of nitrogens with one attached hydrogen (secondary N) is 1. The van der Waals surface area contributed by atoms with Crippen molar-refractivity contribution >= 4 is 54.9 Å². The van der Waals surface area contributed by atoms with E-state index in [9.17, 15) is 18.3 Å². The maximum atomic E-state index is 13.3.